The normalized spacial score (nSPS) is 20.6. The first-order valence-corrected chi connectivity index (χ1v) is 7.95. The van der Waals surface area contributed by atoms with Crippen molar-refractivity contribution in [1.29, 1.82) is 0 Å². The summed E-state index contributed by atoms with van der Waals surface area (Å²) in [6.07, 6.45) is 0. The van der Waals surface area contributed by atoms with Gasteiger partial charge in [0, 0.05) is 11.9 Å². The van der Waals surface area contributed by atoms with Gasteiger partial charge in [-0.25, -0.2) is 4.98 Å². The summed E-state index contributed by atoms with van der Waals surface area (Å²) < 4.78 is 7.70. The molecule has 0 spiro atoms. The summed E-state index contributed by atoms with van der Waals surface area (Å²) in [7, 11) is 0. The van der Waals surface area contributed by atoms with Crippen molar-refractivity contribution in [1.82, 2.24) is 9.97 Å². The molecule has 1 aliphatic rings. The van der Waals surface area contributed by atoms with Crippen LogP contribution in [0.25, 0.3) is 10.2 Å². The van der Waals surface area contributed by atoms with Gasteiger partial charge in [-0.3, -0.25) is 0 Å². The summed E-state index contributed by atoms with van der Waals surface area (Å²) in [5.41, 5.74) is 0.953. The molecule has 1 unspecified atom stereocenters. The van der Waals surface area contributed by atoms with Crippen molar-refractivity contribution in [3.05, 3.63) is 14.2 Å². The SMILES string of the molecule is CC1COCCN1c1nc(Cl)nc2c(I)csc12. The fraction of sp³-hybridized carbons (Fsp3) is 0.455. The fourth-order valence-electron chi connectivity index (χ4n) is 2.09. The first kappa shape index (κ1) is 12.8. The van der Waals surface area contributed by atoms with Crippen molar-refractivity contribution in [2.75, 3.05) is 24.7 Å². The molecule has 0 aliphatic carbocycles. The van der Waals surface area contributed by atoms with E-state index in [1.54, 1.807) is 11.3 Å². The van der Waals surface area contributed by atoms with E-state index in [4.69, 9.17) is 16.3 Å². The molecule has 1 saturated heterocycles. The number of morpholine rings is 1. The zero-order valence-corrected chi connectivity index (χ0v) is 13.4. The third-order valence-electron chi connectivity index (χ3n) is 2.97. The molecule has 7 heteroatoms. The lowest BCUT2D eigenvalue weighted by Gasteiger charge is -2.34. The Morgan fingerprint density at radius 2 is 2.39 bits per heavy atom. The molecule has 4 nitrogen and oxygen atoms in total. The van der Waals surface area contributed by atoms with Crippen molar-refractivity contribution in [3.8, 4) is 0 Å². The van der Waals surface area contributed by atoms with Crippen LogP contribution < -0.4 is 4.90 Å². The van der Waals surface area contributed by atoms with Gasteiger partial charge in [-0.15, -0.1) is 11.3 Å². The lowest BCUT2D eigenvalue weighted by molar-refractivity contribution is 0.0987. The number of hydrogen-bond donors (Lipinski definition) is 0. The molecule has 0 bridgehead atoms. The molecule has 0 N–H and O–H groups in total. The number of ether oxygens (including phenoxy) is 1. The van der Waals surface area contributed by atoms with Gasteiger partial charge >= 0.3 is 0 Å². The second kappa shape index (κ2) is 5.07. The van der Waals surface area contributed by atoms with Gasteiger partial charge in [-0.05, 0) is 41.1 Å². The minimum atomic E-state index is 0.313. The Morgan fingerprint density at radius 1 is 1.56 bits per heavy atom. The number of halogens is 2. The topological polar surface area (TPSA) is 38.2 Å². The van der Waals surface area contributed by atoms with Crippen LogP contribution in [0.15, 0.2) is 5.38 Å². The van der Waals surface area contributed by atoms with Crippen molar-refractivity contribution in [2.24, 2.45) is 0 Å². The minimum Gasteiger partial charge on any atom is -0.377 e. The van der Waals surface area contributed by atoms with E-state index in [1.165, 1.54) is 0 Å². The number of aromatic nitrogens is 2. The van der Waals surface area contributed by atoms with Crippen LogP contribution in [0.5, 0.6) is 0 Å². The Kier molecular flexibility index (Phi) is 3.61. The van der Waals surface area contributed by atoms with E-state index in [9.17, 15) is 0 Å². The van der Waals surface area contributed by atoms with Crippen LogP contribution in [0, 0.1) is 3.57 Å². The molecule has 3 rings (SSSR count). The molecule has 2 aromatic heterocycles. The maximum Gasteiger partial charge on any atom is 0.225 e. The van der Waals surface area contributed by atoms with Crippen LogP contribution in [0.2, 0.25) is 5.28 Å². The van der Waals surface area contributed by atoms with E-state index in [1.807, 2.05) is 0 Å². The quantitative estimate of drug-likeness (QED) is 0.549. The zero-order chi connectivity index (χ0) is 12.7. The first-order chi connectivity index (χ1) is 8.66. The maximum absolute atomic E-state index is 6.04. The van der Waals surface area contributed by atoms with Crippen LogP contribution in [0.4, 0.5) is 5.82 Å². The van der Waals surface area contributed by atoms with Gasteiger partial charge in [0.25, 0.3) is 0 Å². The molecule has 0 saturated carbocycles. The van der Waals surface area contributed by atoms with Gasteiger partial charge in [0.05, 0.1) is 27.5 Å². The fourth-order valence-corrected chi connectivity index (χ4v) is 4.07. The van der Waals surface area contributed by atoms with Crippen molar-refractivity contribution in [3.63, 3.8) is 0 Å². The third kappa shape index (κ3) is 2.19. The molecule has 1 aliphatic heterocycles. The van der Waals surface area contributed by atoms with Gasteiger partial charge in [-0.2, -0.15) is 4.98 Å². The van der Waals surface area contributed by atoms with Crippen molar-refractivity contribution >= 4 is 61.6 Å². The summed E-state index contributed by atoms with van der Waals surface area (Å²) in [5.74, 6) is 0.939. The smallest absolute Gasteiger partial charge is 0.225 e. The van der Waals surface area contributed by atoms with Crippen LogP contribution >= 0.6 is 45.5 Å². The van der Waals surface area contributed by atoms with Gasteiger partial charge in [0.1, 0.15) is 5.52 Å². The molecule has 1 atom stereocenters. The number of thiophene rings is 1. The summed E-state index contributed by atoms with van der Waals surface area (Å²) in [4.78, 5) is 11.0. The van der Waals surface area contributed by atoms with E-state index in [-0.39, 0.29) is 0 Å². The Bertz CT molecular complexity index is 591. The summed E-state index contributed by atoms with van der Waals surface area (Å²) in [5, 5.41) is 2.40. The highest BCUT2D eigenvalue weighted by atomic mass is 127. The van der Waals surface area contributed by atoms with Gasteiger partial charge in [0.2, 0.25) is 5.28 Å². The van der Waals surface area contributed by atoms with E-state index in [0.29, 0.717) is 11.3 Å². The Morgan fingerprint density at radius 3 is 3.17 bits per heavy atom. The second-order valence-electron chi connectivity index (χ2n) is 4.19. The molecule has 18 heavy (non-hydrogen) atoms. The number of nitrogens with zero attached hydrogens (tertiary/aromatic N) is 3. The average molecular weight is 396 g/mol. The molecule has 1 fully saturated rings. The zero-order valence-electron chi connectivity index (χ0n) is 9.69. The van der Waals surface area contributed by atoms with Gasteiger partial charge in [-0.1, -0.05) is 0 Å². The van der Waals surface area contributed by atoms with E-state index in [2.05, 4.69) is 49.8 Å². The summed E-state index contributed by atoms with van der Waals surface area (Å²) >= 11 is 9.99. The maximum atomic E-state index is 6.04. The molecule has 0 radical (unpaired) electrons. The molecule has 0 aromatic carbocycles. The van der Waals surface area contributed by atoms with Crippen molar-refractivity contribution < 1.29 is 4.74 Å². The number of hydrogen-bond acceptors (Lipinski definition) is 5. The van der Waals surface area contributed by atoms with E-state index < -0.39 is 0 Å². The van der Waals surface area contributed by atoms with Gasteiger partial charge in [0.15, 0.2) is 5.82 Å². The molecule has 96 valence electrons. The highest BCUT2D eigenvalue weighted by molar-refractivity contribution is 14.1. The first-order valence-electron chi connectivity index (χ1n) is 5.61. The largest absolute Gasteiger partial charge is 0.377 e. The summed E-state index contributed by atoms with van der Waals surface area (Å²) in [6.45, 7) is 4.44. The Hall–Kier alpha value is -0.180. The third-order valence-corrected chi connectivity index (χ3v) is 5.35. The van der Waals surface area contributed by atoms with Gasteiger partial charge < -0.3 is 9.64 Å². The number of fused-ring (bicyclic) bond motifs is 1. The van der Waals surface area contributed by atoms with Crippen LogP contribution in [0.3, 0.4) is 0 Å². The highest BCUT2D eigenvalue weighted by Gasteiger charge is 2.24. The number of rotatable bonds is 1. The minimum absolute atomic E-state index is 0.313. The predicted molar refractivity (Wildman–Crippen MR) is 82.8 cm³/mol. The molecule has 2 aromatic rings. The molecule has 3 heterocycles. The van der Waals surface area contributed by atoms with Crippen LogP contribution in [-0.2, 0) is 4.74 Å². The van der Waals surface area contributed by atoms with Crippen LogP contribution in [0.1, 0.15) is 6.92 Å². The van der Waals surface area contributed by atoms with Crippen molar-refractivity contribution in [2.45, 2.75) is 13.0 Å². The van der Waals surface area contributed by atoms with E-state index in [0.717, 1.165) is 39.4 Å². The second-order valence-corrected chi connectivity index (χ2v) is 6.57. The molecular formula is C11H11ClIN3OS. The Labute approximate surface area is 127 Å². The molecule has 0 amide bonds. The Balaban J connectivity index is 2.15. The lowest BCUT2D eigenvalue weighted by Crippen LogP contribution is -2.44. The van der Waals surface area contributed by atoms with E-state index >= 15 is 0 Å². The lowest BCUT2D eigenvalue weighted by atomic mass is 10.2. The summed E-state index contributed by atoms with van der Waals surface area (Å²) in [6, 6.07) is 0.313. The highest BCUT2D eigenvalue weighted by Crippen LogP contribution is 2.34. The monoisotopic (exact) mass is 395 g/mol. The molecular weight excluding hydrogens is 385 g/mol. The standard InChI is InChI=1S/C11H11ClIN3OS/c1-6-4-17-3-2-16(6)10-9-8(7(13)5-18-9)14-11(12)15-10/h5-6H,2-4H2,1H3. The number of anilines is 1. The van der Waals surface area contributed by atoms with Crippen LogP contribution in [-0.4, -0.2) is 35.8 Å². The predicted octanol–water partition coefficient (Wildman–Crippen LogP) is 3.17. The average Bonchev–Trinajstić information content (AvgIpc) is 2.71.